The second-order valence-electron chi connectivity index (χ2n) is 8.51. The highest BCUT2D eigenvalue weighted by molar-refractivity contribution is 6.25. The molecule has 0 radical (unpaired) electrons. The molecule has 0 heterocycles. The fourth-order valence-corrected chi connectivity index (χ4v) is 4.72. The number of esters is 1. The number of aliphatic hydroxyl groups is 1. The maximum atomic E-state index is 13.0. The Morgan fingerprint density at radius 1 is 0.647 bits per heavy atom. The van der Waals surface area contributed by atoms with Crippen LogP contribution in [0.5, 0.6) is 5.75 Å². The van der Waals surface area contributed by atoms with E-state index in [1.165, 1.54) is 0 Å². The maximum absolute atomic E-state index is 13.0. The van der Waals surface area contributed by atoms with Gasteiger partial charge in [0.1, 0.15) is 25.1 Å². The van der Waals surface area contributed by atoms with E-state index < -0.39 is 12.1 Å². The third kappa shape index (κ3) is 3.49. The van der Waals surface area contributed by atoms with Gasteiger partial charge in [-0.15, -0.1) is 0 Å². The zero-order valence-corrected chi connectivity index (χ0v) is 18.4. The third-order valence-electron chi connectivity index (χ3n) is 6.34. The highest BCUT2D eigenvalue weighted by atomic mass is 16.5. The highest BCUT2D eigenvalue weighted by Gasteiger charge is 2.17. The molecule has 0 aromatic heterocycles. The number of benzene rings is 6. The number of carbonyl (C=O) groups is 1. The van der Waals surface area contributed by atoms with E-state index in [0.717, 1.165) is 43.1 Å². The minimum Gasteiger partial charge on any atom is -0.490 e. The van der Waals surface area contributed by atoms with Crippen molar-refractivity contribution in [2.45, 2.75) is 6.10 Å². The lowest BCUT2D eigenvalue weighted by Gasteiger charge is -2.16. The molecule has 166 valence electrons. The van der Waals surface area contributed by atoms with Crippen LogP contribution in [0.15, 0.2) is 97.1 Å². The van der Waals surface area contributed by atoms with E-state index in [-0.39, 0.29) is 13.2 Å². The van der Waals surface area contributed by atoms with E-state index in [0.29, 0.717) is 11.3 Å². The Kier molecular flexibility index (Phi) is 5.01. The van der Waals surface area contributed by atoms with Crippen LogP contribution in [0.2, 0.25) is 0 Å². The van der Waals surface area contributed by atoms with E-state index in [1.54, 1.807) is 6.07 Å². The lowest BCUT2D eigenvalue weighted by molar-refractivity contribution is 0.0134. The molecule has 0 bridgehead atoms. The molecule has 6 aromatic rings. The van der Waals surface area contributed by atoms with Gasteiger partial charge in [-0.1, -0.05) is 84.9 Å². The number of carbonyl (C=O) groups excluding carboxylic acids is 1. The normalized spacial score (nSPS) is 12.5. The first-order valence-electron chi connectivity index (χ1n) is 11.3. The summed E-state index contributed by atoms with van der Waals surface area (Å²) >= 11 is 0. The summed E-state index contributed by atoms with van der Waals surface area (Å²) in [6.07, 6.45) is -0.942. The summed E-state index contributed by atoms with van der Waals surface area (Å²) in [5.74, 6) is 0.234. The fraction of sp³-hybridized carbons (Fsp3) is 0.100. The standard InChI is InChI=1S/C30H22O4/c31-23(17-33-27-10-4-6-19-5-1-2-9-24(19)27)18-34-30(32)26-16-14-22-12-11-20-7-3-8-21-13-15-25(26)29(22)28(20)21/h1-16,23,31H,17-18H2. The van der Waals surface area contributed by atoms with Gasteiger partial charge >= 0.3 is 5.97 Å². The molecule has 1 atom stereocenters. The summed E-state index contributed by atoms with van der Waals surface area (Å²) in [4.78, 5) is 13.0. The van der Waals surface area contributed by atoms with E-state index >= 15 is 0 Å². The van der Waals surface area contributed by atoms with Crippen LogP contribution in [0.4, 0.5) is 0 Å². The second-order valence-corrected chi connectivity index (χ2v) is 8.51. The van der Waals surface area contributed by atoms with Crippen molar-refractivity contribution in [3.63, 3.8) is 0 Å². The van der Waals surface area contributed by atoms with Crippen LogP contribution in [0.25, 0.3) is 43.1 Å². The molecule has 0 fully saturated rings. The summed E-state index contributed by atoms with van der Waals surface area (Å²) in [6.45, 7) is -0.120. The first kappa shape index (κ1) is 20.5. The lowest BCUT2D eigenvalue weighted by Crippen LogP contribution is -2.25. The van der Waals surface area contributed by atoms with Gasteiger partial charge < -0.3 is 14.6 Å². The van der Waals surface area contributed by atoms with Crippen LogP contribution in [0.3, 0.4) is 0 Å². The Morgan fingerprint density at radius 2 is 1.29 bits per heavy atom. The molecular weight excluding hydrogens is 424 g/mol. The average molecular weight is 447 g/mol. The van der Waals surface area contributed by atoms with Crippen molar-refractivity contribution >= 4 is 49.1 Å². The predicted octanol–water partition coefficient (Wildman–Crippen LogP) is 6.33. The van der Waals surface area contributed by atoms with Gasteiger partial charge in [0.15, 0.2) is 0 Å². The van der Waals surface area contributed by atoms with Gasteiger partial charge in [-0.25, -0.2) is 4.79 Å². The van der Waals surface area contributed by atoms with Crippen LogP contribution in [-0.2, 0) is 4.74 Å². The minimum atomic E-state index is -0.942. The Balaban J connectivity index is 1.20. The van der Waals surface area contributed by atoms with Crippen molar-refractivity contribution in [1.29, 1.82) is 0 Å². The van der Waals surface area contributed by atoms with Crippen molar-refractivity contribution in [3.8, 4) is 5.75 Å². The SMILES string of the molecule is O=C(OCC(O)COc1cccc2ccccc12)c1ccc2ccc3cccc4ccc1c2c34. The predicted molar refractivity (Wildman–Crippen MR) is 136 cm³/mol. The molecule has 0 aliphatic rings. The van der Waals surface area contributed by atoms with E-state index in [9.17, 15) is 9.90 Å². The topological polar surface area (TPSA) is 55.8 Å². The minimum absolute atomic E-state index is 0.0275. The Labute approximate surface area is 196 Å². The summed E-state index contributed by atoms with van der Waals surface area (Å²) in [7, 11) is 0. The van der Waals surface area contributed by atoms with Crippen LogP contribution in [-0.4, -0.2) is 30.4 Å². The van der Waals surface area contributed by atoms with Gasteiger partial charge in [-0.2, -0.15) is 0 Å². The zero-order valence-electron chi connectivity index (χ0n) is 18.4. The summed E-state index contributed by atoms with van der Waals surface area (Å²) in [5, 5.41) is 18.9. The molecule has 1 unspecified atom stereocenters. The first-order chi connectivity index (χ1) is 16.7. The van der Waals surface area contributed by atoms with Gasteiger partial charge in [-0.3, -0.25) is 0 Å². The molecule has 0 amide bonds. The largest absolute Gasteiger partial charge is 0.490 e. The number of hydrogen-bond donors (Lipinski definition) is 1. The number of hydrogen-bond acceptors (Lipinski definition) is 4. The molecular formula is C30H22O4. The second kappa shape index (κ2) is 8.32. The molecule has 4 heteroatoms. The summed E-state index contributed by atoms with van der Waals surface area (Å²) in [5.41, 5.74) is 0.493. The maximum Gasteiger partial charge on any atom is 0.338 e. The van der Waals surface area contributed by atoms with Gasteiger partial charge in [0.2, 0.25) is 0 Å². The van der Waals surface area contributed by atoms with Crippen molar-refractivity contribution < 1.29 is 19.4 Å². The number of ether oxygens (including phenoxy) is 2. The molecule has 0 aliphatic carbocycles. The van der Waals surface area contributed by atoms with Crippen molar-refractivity contribution in [2.75, 3.05) is 13.2 Å². The molecule has 0 spiro atoms. The van der Waals surface area contributed by atoms with Crippen LogP contribution < -0.4 is 4.74 Å². The van der Waals surface area contributed by atoms with E-state index in [4.69, 9.17) is 9.47 Å². The molecule has 0 saturated heterocycles. The number of aliphatic hydroxyl groups excluding tert-OH is 1. The molecule has 6 rings (SSSR count). The molecule has 0 saturated carbocycles. The van der Waals surface area contributed by atoms with Gasteiger partial charge in [0.25, 0.3) is 0 Å². The van der Waals surface area contributed by atoms with Crippen molar-refractivity contribution in [3.05, 3.63) is 103 Å². The van der Waals surface area contributed by atoms with Crippen LogP contribution in [0, 0.1) is 0 Å². The lowest BCUT2D eigenvalue weighted by atomic mass is 9.92. The molecule has 4 nitrogen and oxygen atoms in total. The van der Waals surface area contributed by atoms with Crippen molar-refractivity contribution in [2.24, 2.45) is 0 Å². The zero-order chi connectivity index (χ0) is 23.1. The Hall–Kier alpha value is -4.15. The highest BCUT2D eigenvalue weighted by Crippen LogP contribution is 2.36. The Bertz CT molecular complexity index is 1630. The van der Waals surface area contributed by atoms with Crippen LogP contribution in [0.1, 0.15) is 10.4 Å². The molecule has 0 aliphatic heterocycles. The number of fused-ring (bicyclic) bond motifs is 1. The van der Waals surface area contributed by atoms with E-state index in [1.807, 2.05) is 66.7 Å². The summed E-state index contributed by atoms with van der Waals surface area (Å²) in [6, 6.07) is 31.8. The van der Waals surface area contributed by atoms with Gasteiger partial charge in [-0.05, 0) is 49.8 Å². The van der Waals surface area contributed by atoms with Gasteiger partial charge in [0, 0.05) is 5.39 Å². The summed E-state index contributed by atoms with van der Waals surface area (Å²) < 4.78 is 11.3. The molecule has 1 N–H and O–H groups in total. The van der Waals surface area contributed by atoms with E-state index in [2.05, 4.69) is 24.3 Å². The van der Waals surface area contributed by atoms with Crippen LogP contribution >= 0.6 is 0 Å². The smallest absolute Gasteiger partial charge is 0.338 e. The monoisotopic (exact) mass is 446 g/mol. The first-order valence-corrected chi connectivity index (χ1v) is 11.3. The fourth-order valence-electron chi connectivity index (χ4n) is 4.72. The molecule has 34 heavy (non-hydrogen) atoms. The van der Waals surface area contributed by atoms with Gasteiger partial charge in [0.05, 0.1) is 5.56 Å². The average Bonchev–Trinajstić information content (AvgIpc) is 2.89. The quantitative estimate of drug-likeness (QED) is 0.240. The third-order valence-corrected chi connectivity index (χ3v) is 6.34. The molecule has 6 aromatic carbocycles. The van der Waals surface area contributed by atoms with Crippen molar-refractivity contribution in [1.82, 2.24) is 0 Å². The number of rotatable bonds is 6. The Morgan fingerprint density at radius 3 is 2.15 bits per heavy atom.